The molecule has 2 amide bonds. The molecule has 1 aromatic carbocycles. The fraction of sp³-hybridized carbons (Fsp3) is 0.619. The maximum atomic E-state index is 12.8. The van der Waals surface area contributed by atoms with Gasteiger partial charge in [0.2, 0.25) is 11.8 Å². The fourth-order valence-electron chi connectivity index (χ4n) is 4.00. The van der Waals surface area contributed by atoms with Crippen LogP contribution in [0.5, 0.6) is 0 Å². The molecule has 0 atom stereocenters. The Kier molecular flexibility index (Phi) is 7.85. The molecular weight excluding hydrogens is 404 g/mol. The second-order valence-electron chi connectivity index (χ2n) is 7.81. The third kappa shape index (κ3) is 5.59. The van der Waals surface area contributed by atoms with Crippen LogP contribution in [0.4, 0.5) is 5.69 Å². The summed E-state index contributed by atoms with van der Waals surface area (Å²) in [6, 6.07) is 7.65. The van der Waals surface area contributed by atoms with E-state index in [1.54, 1.807) is 9.21 Å². The Morgan fingerprint density at radius 1 is 0.900 bits per heavy atom. The lowest BCUT2D eigenvalue weighted by Gasteiger charge is -2.26. The van der Waals surface area contributed by atoms with E-state index >= 15 is 0 Å². The molecule has 1 aromatic rings. The second kappa shape index (κ2) is 10.4. The van der Waals surface area contributed by atoms with Gasteiger partial charge in [0, 0.05) is 57.8 Å². The Morgan fingerprint density at radius 2 is 1.57 bits per heavy atom. The number of hydrogen-bond acceptors (Lipinski definition) is 4. The van der Waals surface area contributed by atoms with Crippen molar-refractivity contribution in [2.75, 3.05) is 44.6 Å². The van der Waals surface area contributed by atoms with Gasteiger partial charge in [-0.3, -0.25) is 9.59 Å². The lowest BCUT2D eigenvalue weighted by Crippen LogP contribution is -2.44. The number of hydrogen-bond donors (Lipinski definition) is 1. The van der Waals surface area contributed by atoms with Crippen LogP contribution in [0, 0.1) is 0 Å². The maximum Gasteiger partial charge on any atom is 0.282 e. The predicted octanol–water partition coefficient (Wildman–Crippen LogP) is 1.84. The molecule has 0 radical (unpaired) electrons. The Bertz CT molecular complexity index is 852. The molecule has 2 fully saturated rings. The quantitative estimate of drug-likeness (QED) is 0.706. The Hall–Kier alpha value is -1.97. The molecule has 0 spiro atoms. The number of anilines is 1. The lowest BCUT2D eigenvalue weighted by molar-refractivity contribution is -0.132. The first-order chi connectivity index (χ1) is 14.4. The molecule has 3 rings (SSSR count). The highest BCUT2D eigenvalue weighted by Gasteiger charge is 2.33. The van der Waals surface area contributed by atoms with Gasteiger partial charge < -0.3 is 10.2 Å². The molecule has 0 bridgehead atoms. The number of amides is 2. The first-order valence-corrected chi connectivity index (χ1v) is 12.2. The van der Waals surface area contributed by atoms with Crippen molar-refractivity contribution >= 4 is 27.7 Å². The van der Waals surface area contributed by atoms with E-state index in [1.165, 1.54) is 4.31 Å². The van der Waals surface area contributed by atoms with E-state index in [4.69, 9.17) is 0 Å². The van der Waals surface area contributed by atoms with E-state index in [9.17, 15) is 18.0 Å². The molecule has 1 N–H and O–H groups in total. The van der Waals surface area contributed by atoms with Crippen molar-refractivity contribution in [3.05, 3.63) is 29.8 Å². The van der Waals surface area contributed by atoms with Crippen molar-refractivity contribution in [3.8, 4) is 0 Å². The highest BCUT2D eigenvalue weighted by Crippen LogP contribution is 2.19. The molecule has 30 heavy (non-hydrogen) atoms. The number of benzene rings is 1. The summed E-state index contributed by atoms with van der Waals surface area (Å²) in [6.07, 6.45) is 3.47. The first-order valence-electron chi connectivity index (χ1n) is 10.8. The highest BCUT2D eigenvalue weighted by molar-refractivity contribution is 7.86. The topological polar surface area (TPSA) is 90.0 Å². The molecule has 8 nitrogen and oxygen atoms in total. The van der Waals surface area contributed by atoms with Gasteiger partial charge in [0.25, 0.3) is 10.2 Å². The fourth-order valence-corrected chi connectivity index (χ4v) is 5.72. The van der Waals surface area contributed by atoms with Crippen molar-refractivity contribution in [1.29, 1.82) is 0 Å². The third-order valence-corrected chi connectivity index (χ3v) is 7.80. The van der Waals surface area contributed by atoms with Gasteiger partial charge >= 0.3 is 0 Å². The van der Waals surface area contributed by atoms with Gasteiger partial charge in [-0.1, -0.05) is 25.1 Å². The maximum absolute atomic E-state index is 12.8. The van der Waals surface area contributed by atoms with Gasteiger partial charge in [0.1, 0.15) is 0 Å². The van der Waals surface area contributed by atoms with Gasteiger partial charge in [-0.15, -0.1) is 0 Å². The molecular formula is C21H32N4O4S. The van der Waals surface area contributed by atoms with Crippen molar-refractivity contribution in [3.63, 3.8) is 0 Å². The zero-order valence-electron chi connectivity index (χ0n) is 17.7. The molecule has 9 heteroatoms. The number of nitrogens with one attached hydrogen (secondary N) is 1. The monoisotopic (exact) mass is 436 g/mol. The minimum atomic E-state index is -3.44. The van der Waals surface area contributed by atoms with Gasteiger partial charge in [-0.05, 0) is 37.3 Å². The zero-order valence-corrected chi connectivity index (χ0v) is 18.5. The normalized spacial score (nSPS) is 18.9. The molecule has 0 unspecified atom stereocenters. The Balaban J connectivity index is 1.48. The number of rotatable bonds is 7. The summed E-state index contributed by atoms with van der Waals surface area (Å²) in [4.78, 5) is 26.6. The van der Waals surface area contributed by atoms with Gasteiger partial charge in [0.15, 0.2) is 0 Å². The van der Waals surface area contributed by atoms with E-state index in [-0.39, 0.29) is 24.7 Å². The summed E-state index contributed by atoms with van der Waals surface area (Å²) in [6.45, 7) is 4.81. The zero-order chi connectivity index (χ0) is 21.6. The third-order valence-electron chi connectivity index (χ3n) is 5.76. The Morgan fingerprint density at radius 3 is 2.30 bits per heavy atom. The average molecular weight is 437 g/mol. The van der Waals surface area contributed by atoms with Crippen molar-refractivity contribution in [2.24, 2.45) is 0 Å². The average Bonchev–Trinajstić information content (AvgIpc) is 3.17. The van der Waals surface area contributed by atoms with Gasteiger partial charge in [-0.2, -0.15) is 17.0 Å². The molecule has 0 saturated carbocycles. The van der Waals surface area contributed by atoms with Crippen molar-refractivity contribution in [2.45, 2.75) is 45.4 Å². The molecule has 166 valence electrons. The molecule has 2 aliphatic heterocycles. The molecule has 0 aromatic heterocycles. The highest BCUT2D eigenvalue weighted by atomic mass is 32.2. The first kappa shape index (κ1) is 22.7. The van der Waals surface area contributed by atoms with E-state index in [2.05, 4.69) is 5.32 Å². The largest absolute Gasteiger partial charge is 0.341 e. The SMILES string of the molecule is CCc1ccccc1NC(=O)CCC(=O)N1CCCN(S(=O)(=O)N2CCCC2)CC1. The minimum absolute atomic E-state index is 0.102. The number of para-hydroxylation sites is 1. The van der Waals surface area contributed by atoms with E-state index in [0.29, 0.717) is 45.7 Å². The van der Waals surface area contributed by atoms with Crippen LogP contribution in [-0.4, -0.2) is 73.0 Å². The smallest absolute Gasteiger partial charge is 0.282 e. The van der Waals surface area contributed by atoms with Crippen LogP contribution in [-0.2, 0) is 26.2 Å². The molecule has 0 aliphatic carbocycles. The van der Waals surface area contributed by atoms with Crippen LogP contribution in [0.15, 0.2) is 24.3 Å². The number of nitrogens with zero attached hydrogens (tertiary/aromatic N) is 3. The molecule has 2 saturated heterocycles. The molecule has 2 aliphatic rings. The molecule has 2 heterocycles. The van der Waals surface area contributed by atoms with E-state index < -0.39 is 10.2 Å². The predicted molar refractivity (Wildman–Crippen MR) is 116 cm³/mol. The lowest BCUT2D eigenvalue weighted by atomic mass is 10.1. The van der Waals surface area contributed by atoms with Crippen LogP contribution in [0.3, 0.4) is 0 Å². The van der Waals surface area contributed by atoms with Crippen LogP contribution in [0.25, 0.3) is 0 Å². The van der Waals surface area contributed by atoms with Crippen LogP contribution < -0.4 is 5.32 Å². The van der Waals surface area contributed by atoms with Gasteiger partial charge in [-0.25, -0.2) is 0 Å². The summed E-state index contributed by atoms with van der Waals surface area (Å²) in [7, 11) is -3.44. The van der Waals surface area contributed by atoms with E-state index in [0.717, 1.165) is 30.5 Å². The van der Waals surface area contributed by atoms with Crippen LogP contribution in [0.1, 0.15) is 44.6 Å². The van der Waals surface area contributed by atoms with Crippen LogP contribution in [0.2, 0.25) is 0 Å². The summed E-state index contributed by atoms with van der Waals surface area (Å²) in [5.74, 6) is -0.286. The minimum Gasteiger partial charge on any atom is -0.341 e. The number of aryl methyl sites for hydroxylation is 1. The van der Waals surface area contributed by atoms with Crippen molar-refractivity contribution < 1.29 is 18.0 Å². The van der Waals surface area contributed by atoms with Crippen molar-refractivity contribution in [1.82, 2.24) is 13.5 Å². The Labute approximate surface area is 179 Å². The number of carbonyl (C=O) groups excluding carboxylic acids is 2. The van der Waals surface area contributed by atoms with E-state index in [1.807, 2.05) is 31.2 Å². The summed E-state index contributed by atoms with van der Waals surface area (Å²) in [5, 5.41) is 2.89. The summed E-state index contributed by atoms with van der Waals surface area (Å²) < 4.78 is 28.6. The number of carbonyl (C=O) groups is 2. The van der Waals surface area contributed by atoms with Crippen LogP contribution >= 0.6 is 0 Å². The summed E-state index contributed by atoms with van der Waals surface area (Å²) in [5.41, 5.74) is 1.85. The van der Waals surface area contributed by atoms with Gasteiger partial charge in [0.05, 0.1) is 0 Å². The standard InChI is InChI=1S/C21H32N4O4S/c1-2-18-8-3-4-9-19(18)22-20(26)10-11-21(27)23-12-7-15-25(17-16-23)30(28,29)24-13-5-6-14-24/h3-4,8-9H,2,5-7,10-17H2,1H3,(H,22,26). The summed E-state index contributed by atoms with van der Waals surface area (Å²) >= 11 is 0. The second-order valence-corrected chi connectivity index (χ2v) is 9.73.